The minimum atomic E-state index is -0.403. The minimum Gasteiger partial charge on any atom is -0.494 e. The molecule has 0 radical (unpaired) electrons. The number of amides is 1. The number of unbranched alkanes of at least 4 members (excludes halogenated alkanes) is 1. The van der Waals surface area contributed by atoms with Crippen molar-refractivity contribution in [3.63, 3.8) is 0 Å². The summed E-state index contributed by atoms with van der Waals surface area (Å²) < 4.78 is 6.27. The van der Waals surface area contributed by atoms with Gasteiger partial charge in [-0.05, 0) is 42.7 Å². The number of nitrogens with one attached hydrogen (secondary N) is 1. The molecule has 1 heterocycles. The van der Waals surface area contributed by atoms with E-state index in [1.807, 2.05) is 6.07 Å². The van der Waals surface area contributed by atoms with Crippen LogP contribution in [0.2, 0.25) is 10.0 Å². The number of aryl methyl sites for hydroxylation is 1. The van der Waals surface area contributed by atoms with Crippen molar-refractivity contribution in [2.45, 2.75) is 26.2 Å². The highest BCUT2D eigenvalue weighted by atomic mass is 35.5. The molecule has 0 bridgehead atoms. The lowest BCUT2D eigenvalue weighted by Gasteiger charge is -2.11. The van der Waals surface area contributed by atoms with Crippen molar-refractivity contribution in [2.24, 2.45) is 0 Å². The number of nitrogens with zero attached hydrogens (tertiary/aromatic N) is 1. The Bertz CT molecular complexity index is 956. The van der Waals surface area contributed by atoms with Crippen molar-refractivity contribution in [1.29, 1.82) is 0 Å². The zero-order chi connectivity index (χ0) is 18.7. The van der Waals surface area contributed by atoms with Crippen molar-refractivity contribution < 1.29 is 9.53 Å². The van der Waals surface area contributed by atoms with Crippen LogP contribution in [0.25, 0.3) is 10.2 Å². The van der Waals surface area contributed by atoms with Crippen LogP contribution in [-0.2, 0) is 6.42 Å². The molecule has 26 heavy (non-hydrogen) atoms. The molecule has 0 unspecified atom stereocenters. The van der Waals surface area contributed by atoms with E-state index >= 15 is 0 Å². The van der Waals surface area contributed by atoms with E-state index in [1.165, 1.54) is 24.0 Å². The van der Waals surface area contributed by atoms with E-state index in [2.05, 4.69) is 29.4 Å². The average Bonchev–Trinajstić information content (AvgIpc) is 3.02. The predicted octanol–water partition coefficient (Wildman–Crippen LogP) is 6.21. The van der Waals surface area contributed by atoms with Crippen LogP contribution in [0, 0.1) is 0 Å². The fourth-order valence-corrected chi connectivity index (χ4v) is 4.06. The highest BCUT2D eigenvalue weighted by Gasteiger charge is 2.20. The highest BCUT2D eigenvalue weighted by molar-refractivity contribution is 7.22. The summed E-state index contributed by atoms with van der Waals surface area (Å²) in [5.41, 5.74) is 2.33. The second kappa shape index (κ2) is 8.25. The van der Waals surface area contributed by atoms with Gasteiger partial charge in [0.25, 0.3) is 5.91 Å². The first-order chi connectivity index (χ1) is 12.5. The van der Waals surface area contributed by atoms with E-state index in [9.17, 15) is 4.79 Å². The molecule has 3 aromatic rings. The Morgan fingerprint density at radius 1 is 1.23 bits per heavy atom. The van der Waals surface area contributed by atoms with Gasteiger partial charge in [0.2, 0.25) is 0 Å². The molecular weight excluding hydrogens is 391 g/mol. The van der Waals surface area contributed by atoms with Crippen molar-refractivity contribution in [2.75, 3.05) is 12.4 Å². The molecule has 4 nitrogen and oxygen atoms in total. The molecule has 0 aliphatic heterocycles. The summed E-state index contributed by atoms with van der Waals surface area (Å²) in [4.78, 5) is 17.2. The van der Waals surface area contributed by atoms with Gasteiger partial charge in [0.15, 0.2) is 10.9 Å². The number of carbonyl (C=O) groups is 1. The largest absolute Gasteiger partial charge is 0.494 e. The standard InChI is InChI=1S/C19H18Cl2N2O2S/c1-3-4-5-11-6-9-14-15(10-11)26-19(22-14)23-18(24)16-12(20)7-8-13(21)17(16)25-2/h6-10H,3-5H2,1-2H3,(H,22,23,24). The van der Waals surface area contributed by atoms with Gasteiger partial charge < -0.3 is 4.74 Å². The van der Waals surface area contributed by atoms with Crippen molar-refractivity contribution in [3.05, 3.63) is 51.5 Å². The number of halogens is 2. The first-order valence-corrected chi connectivity index (χ1v) is 9.83. The number of hydrogen-bond donors (Lipinski definition) is 1. The fourth-order valence-electron chi connectivity index (χ4n) is 2.66. The highest BCUT2D eigenvalue weighted by Crippen LogP contribution is 2.35. The Morgan fingerprint density at radius 2 is 2.00 bits per heavy atom. The maximum absolute atomic E-state index is 12.7. The summed E-state index contributed by atoms with van der Waals surface area (Å²) in [7, 11) is 1.45. The van der Waals surface area contributed by atoms with Crippen LogP contribution in [-0.4, -0.2) is 18.0 Å². The van der Waals surface area contributed by atoms with Crippen LogP contribution in [0.4, 0.5) is 5.13 Å². The number of hydrogen-bond acceptors (Lipinski definition) is 4. The van der Waals surface area contributed by atoms with Gasteiger partial charge in [-0.25, -0.2) is 4.98 Å². The van der Waals surface area contributed by atoms with E-state index in [0.29, 0.717) is 10.2 Å². The Kier molecular flexibility index (Phi) is 6.01. The van der Waals surface area contributed by atoms with Gasteiger partial charge >= 0.3 is 0 Å². The first kappa shape index (κ1) is 19.0. The van der Waals surface area contributed by atoms with E-state index in [1.54, 1.807) is 12.1 Å². The lowest BCUT2D eigenvalue weighted by molar-refractivity contribution is 0.102. The molecule has 1 aromatic heterocycles. The number of thiazole rings is 1. The average molecular weight is 409 g/mol. The number of rotatable bonds is 6. The zero-order valence-corrected chi connectivity index (χ0v) is 16.8. The Labute approximate surface area is 166 Å². The van der Waals surface area contributed by atoms with Gasteiger partial charge in [0.05, 0.1) is 27.4 Å². The second-order valence-corrected chi connectivity index (χ2v) is 7.66. The summed E-state index contributed by atoms with van der Waals surface area (Å²) in [5.74, 6) is -0.153. The van der Waals surface area contributed by atoms with Crippen LogP contribution >= 0.6 is 34.5 Å². The number of aromatic nitrogens is 1. The van der Waals surface area contributed by atoms with E-state index in [-0.39, 0.29) is 16.3 Å². The summed E-state index contributed by atoms with van der Waals surface area (Å²) in [5, 5.41) is 3.90. The molecule has 0 saturated heterocycles. The third-order valence-electron chi connectivity index (χ3n) is 3.98. The maximum atomic E-state index is 12.7. The van der Waals surface area contributed by atoms with Gasteiger partial charge in [-0.3, -0.25) is 10.1 Å². The topological polar surface area (TPSA) is 51.2 Å². The van der Waals surface area contributed by atoms with Crippen LogP contribution in [0.1, 0.15) is 35.7 Å². The predicted molar refractivity (Wildman–Crippen MR) is 109 cm³/mol. The van der Waals surface area contributed by atoms with Crippen molar-refractivity contribution >= 4 is 55.8 Å². The van der Waals surface area contributed by atoms with Gasteiger partial charge in [0, 0.05) is 0 Å². The number of benzene rings is 2. The SMILES string of the molecule is CCCCc1ccc2nc(NC(=O)c3c(Cl)ccc(Cl)c3OC)sc2c1. The molecule has 1 N–H and O–H groups in total. The molecule has 2 aromatic carbocycles. The molecule has 0 spiro atoms. The van der Waals surface area contributed by atoms with Crippen LogP contribution < -0.4 is 10.1 Å². The smallest absolute Gasteiger partial charge is 0.262 e. The first-order valence-electron chi connectivity index (χ1n) is 8.26. The number of fused-ring (bicyclic) bond motifs is 1. The monoisotopic (exact) mass is 408 g/mol. The van der Waals surface area contributed by atoms with Gasteiger partial charge in [0.1, 0.15) is 5.56 Å². The minimum absolute atomic E-state index is 0.199. The third-order valence-corrected chi connectivity index (χ3v) is 5.53. The second-order valence-electron chi connectivity index (χ2n) is 5.82. The molecule has 1 amide bonds. The molecular formula is C19H18Cl2N2O2S. The number of carbonyl (C=O) groups excluding carboxylic acids is 1. The summed E-state index contributed by atoms with van der Waals surface area (Å²) in [6, 6.07) is 9.36. The molecule has 0 atom stereocenters. The molecule has 7 heteroatoms. The summed E-state index contributed by atoms with van der Waals surface area (Å²) >= 11 is 13.7. The molecule has 0 saturated carbocycles. The third kappa shape index (κ3) is 3.95. The quantitative estimate of drug-likeness (QED) is 0.527. The van der Waals surface area contributed by atoms with E-state index < -0.39 is 5.91 Å². The van der Waals surface area contributed by atoms with E-state index in [4.69, 9.17) is 27.9 Å². The van der Waals surface area contributed by atoms with Gasteiger partial charge in [-0.2, -0.15) is 0 Å². The van der Waals surface area contributed by atoms with Crippen molar-refractivity contribution in [3.8, 4) is 5.75 Å². The zero-order valence-electron chi connectivity index (χ0n) is 14.4. The Hall–Kier alpha value is -1.82. The Balaban J connectivity index is 1.87. The van der Waals surface area contributed by atoms with Crippen LogP contribution in [0.15, 0.2) is 30.3 Å². The molecule has 0 fully saturated rings. The molecule has 136 valence electrons. The van der Waals surface area contributed by atoms with Crippen LogP contribution in [0.3, 0.4) is 0 Å². The maximum Gasteiger partial charge on any atom is 0.262 e. The van der Waals surface area contributed by atoms with Crippen molar-refractivity contribution in [1.82, 2.24) is 4.98 Å². The normalized spacial score (nSPS) is 10.9. The lowest BCUT2D eigenvalue weighted by atomic mass is 10.1. The van der Waals surface area contributed by atoms with Gasteiger partial charge in [-0.15, -0.1) is 0 Å². The van der Waals surface area contributed by atoms with Crippen LogP contribution in [0.5, 0.6) is 5.75 Å². The van der Waals surface area contributed by atoms with Gasteiger partial charge in [-0.1, -0.05) is 53.9 Å². The Morgan fingerprint density at radius 3 is 2.73 bits per heavy atom. The van der Waals surface area contributed by atoms with E-state index in [0.717, 1.165) is 29.5 Å². The molecule has 0 aliphatic carbocycles. The molecule has 0 aliphatic rings. The molecule has 3 rings (SSSR count). The summed E-state index contributed by atoms with van der Waals surface area (Å²) in [6.45, 7) is 2.17. The lowest BCUT2D eigenvalue weighted by Crippen LogP contribution is -2.14. The summed E-state index contributed by atoms with van der Waals surface area (Å²) in [6.07, 6.45) is 3.35. The number of anilines is 1. The number of methoxy groups -OCH3 is 1. The fraction of sp³-hybridized carbons (Fsp3) is 0.263. The number of ether oxygens (including phenoxy) is 1.